The van der Waals surface area contributed by atoms with Gasteiger partial charge in [0.1, 0.15) is 0 Å². The summed E-state index contributed by atoms with van der Waals surface area (Å²) < 4.78 is 0. The normalized spacial score (nSPS) is 15.6. The Morgan fingerprint density at radius 3 is 2.00 bits per heavy atom. The molecule has 1 aromatic rings. The number of hydrogen-bond donors (Lipinski definition) is 1. The largest absolute Gasteiger partial charge is 0.313 e. The van der Waals surface area contributed by atoms with E-state index >= 15 is 0 Å². The Kier molecular flexibility index (Phi) is 4.76. The standard InChI is InChI=1S/C16H27N/c1-7-12(2)15(17-6)13-8-10-14(11-9-13)16(3,4)5/h8-12,15,17H,7H2,1-6H3. The van der Waals surface area contributed by atoms with Crippen molar-refractivity contribution in [2.45, 2.75) is 52.5 Å². The van der Waals surface area contributed by atoms with Crippen molar-refractivity contribution in [2.75, 3.05) is 7.05 Å². The van der Waals surface area contributed by atoms with Crippen LogP contribution in [0.15, 0.2) is 24.3 Å². The molecular weight excluding hydrogens is 206 g/mol. The number of hydrogen-bond acceptors (Lipinski definition) is 1. The van der Waals surface area contributed by atoms with Gasteiger partial charge in [0, 0.05) is 6.04 Å². The molecule has 0 bridgehead atoms. The lowest BCUT2D eigenvalue weighted by molar-refractivity contribution is 0.400. The highest BCUT2D eigenvalue weighted by atomic mass is 14.9. The quantitative estimate of drug-likeness (QED) is 0.818. The van der Waals surface area contributed by atoms with Gasteiger partial charge in [-0.3, -0.25) is 0 Å². The molecule has 0 aliphatic heterocycles. The number of nitrogens with one attached hydrogen (secondary N) is 1. The molecule has 1 heteroatoms. The summed E-state index contributed by atoms with van der Waals surface area (Å²) >= 11 is 0. The molecule has 17 heavy (non-hydrogen) atoms. The van der Waals surface area contributed by atoms with Crippen molar-refractivity contribution in [3.8, 4) is 0 Å². The van der Waals surface area contributed by atoms with E-state index < -0.39 is 0 Å². The highest BCUT2D eigenvalue weighted by Crippen LogP contribution is 2.27. The summed E-state index contributed by atoms with van der Waals surface area (Å²) in [7, 11) is 2.05. The molecular formula is C16H27N. The number of benzene rings is 1. The van der Waals surface area contributed by atoms with Gasteiger partial charge in [-0.2, -0.15) is 0 Å². The molecule has 2 unspecified atom stereocenters. The molecule has 0 heterocycles. The van der Waals surface area contributed by atoms with Crippen LogP contribution in [0.2, 0.25) is 0 Å². The lowest BCUT2D eigenvalue weighted by Gasteiger charge is -2.25. The van der Waals surface area contributed by atoms with Crippen LogP contribution in [-0.4, -0.2) is 7.05 Å². The van der Waals surface area contributed by atoms with E-state index in [1.807, 2.05) is 0 Å². The van der Waals surface area contributed by atoms with Gasteiger partial charge in [0.15, 0.2) is 0 Å². The van der Waals surface area contributed by atoms with Crippen LogP contribution < -0.4 is 5.32 Å². The van der Waals surface area contributed by atoms with Crippen molar-refractivity contribution in [1.29, 1.82) is 0 Å². The van der Waals surface area contributed by atoms with Gasteiger partial charge in [0.2, 0.25) is 0 Å². The summed E-state index contributed by atoms with van der Waals surface area (Å²) in [6, 6.07) is 9.54. The van der Waals surface area contributed by atoms with Crippen molar-refractivity contribution in [3.05, 3.63) is 35.4 Å². The molecule has 0 radical (unpaired) electrons. The van der Waals surface area contributed by atoms with E-state index in [0.29, 0.717) is 12.0 Å². The molecule has 1 rings (SSSR count). The summed E-state index contributed by atoms with van der Waals surface area (Å²) in [6.45, 7) is 11.3. The molecule has 96 valence electrons. The van der Waals surface area contributed by atoms with E-state index in [-0.39, 0.29) is 5.41 Å². The summed E-state index contributed by atoms with van der Waals surface area (Å²) in [4.78, 5) is 0. The average molecular weight is 233 g/mol. The van der Waals surface area contributed by atoms with Crippen molar-refractivity contribution < 1.29 is 0 Å². The highest BCUT2D eigenvalue weighted by Gasteiger charge is 2.17. The molecule has 0 aliphatic carbocycles. The van der Waals surface area contributed by atoms with Crippen LogP contribution in [0.1, 0.15) is 58.2 Å². The van der Waals surface area contributed by atoms with E-state index in [1.165, 1.54) is 17.5 Å². The lowest BCUT2D eigenvalue weighted by atomic mass is 9.85. The van der Waals surface area contributed by atoms with E-state index in [1.54, 1.807) is 0 Å². The molecule has 0 spiro atoms. The third kappa shape index (κ3) is 3.57. The van der Waals surface area contributed by atoms with Gasteiger partial charge in [-0.05, 0) is 29.5 Å². The maximum atomic E-state index is 3.43. The van der Waals surface area contributed by atoms with Crippen molar-refractivity contribution in [3.63, 3.8) is 0 Å². The van der Waals surface area contributed by atoms with Gasteiger partial charge >= 0.3 is 0 Å². The summed E-state index contributed by atoms with van der Waals surface area (Å²) in [5, 5.41) is 3.43. The maximum absolute atomic E-state index is 3.43. The monoisotopic (exact) mass is 233 g/mol. The van der Waals surface area contributed by atoms with Gasteiger partial charge in [-0.25, -0.2) is 0 Å². The topological polar surface area (TPSA) is 12.0 Å². The SMILES string of the molecule is CCC(C)C(NC)c1ccc(C(C)(C)C)cc1. The molecule has 0 saturated heterocycles. The van der Waals surface area contributed by atoms with Crippen LogP contribution in [0.4, 0.5) is 0 Å². The Bertz CT molecular complexity index is 332. The van der Waals surface area contributed by atoms with Crippen LogP contribution in [0, 0.1) is 5.92 Å². The second-order valence-electron chi connectivity index (χ2n) is 6.02. The third-order valence-electron chi connectivity index (χ3n) is 3.66. The third-order valence-corrected chi connectivity index (χ3v) is 3.66. The fourth-order valence-electron chi connectivity index (χ4n) is 2.21. The molecule has 0 aliphatic rings. The summed E-state index contributed by atoms with van der Waals surface area (Å²) in [5.74, 6) is 0.667. The first kappa shape index (κ1) is 14.2. The lowest BCUT2D eigenvalue weighted by Crippen LogP contribution is -2.23. The fourth-order valence-corrected chi connectivity index (χ4v) is 2.21. The molecule has 1 N–H and O–H groups in total. The first-order valence-corrected chi connectivity index (χ1v) is 6.67. The average Bonchev–Trinajstić information content (AvgIpc) is 2.29. The Labute approximate surface area is 107 Å². The smallest absolute Gasteiger partial charge is 0.0343 e. The second-order valence-corrected chi connectivity index (χ2v) is 6.02. The predicted octanol–water partition coefficient (Wildman–Crippen LogP) is 4.29. The van der Waals surface area contributed by atoms with Crippen molar-refractivity contribution in [1.82, 2.24) is 5.32 Å². The molecule has 1 aromatic carbocycles. The van der Waals surface area contributed by atoms with Crippen LogP contribution >= 0.6 is 0 Å². The van der Waals surface area contributed by atoms with Crippen molar-refractivity contribution >= 4 is 0 Å². The zero-order valence-corrected chi connectivity index (χ0v) is 12.2. The zero-order valence-electron chi connectivity index (χ0n) is 12.2. The molecule has 1 nitrogen and oxygen atoms in total. The van der Waals surface area contributed by atoms with Crippen LogP contribution in [0.3, 0.4) is 0 Å². The summed E-state index contributed by atoms with van der Waals surface area (Å²) in [6.07, 6.45) is 1.20. The first-order chi connectivity index (χ1) is 7.90. The molecule has 2 atom stereocenters. The van der Waals surface area contributed by atoms with Crippen LogP contribution in [-0.2, 0) is 5.41 Å². The first-order valence-electron chi connectivity index (χ1n) is 6.67. The minimum atomic E-state index is 0.240. The van der Waals surface area contributed by atoms with Gasteiger partial charge in [-0.1, -0.05) is 65.3 Å². The molecule has 0 amide bonds. The predicted molar refractivity (Wildman–Crippen MR) is 76.4 cm³/mol. The van der Waals surface area contributed by atoms with Crippen LogP contribution in [0.25, 0.3) is 0 Å². The fraction of sp³-hybridized carbons (Fsp3) is 0.625. The highest BCUT2D eigenvalue weighted by molar-refractivity contribution is 5.29. The van der Waals surface area contributed by atoms with E-state index in [9.17, 15) is 0 Å². The Hall–Kier alpha value is -0.820. The van der Waals surface area contributed by atoms with Gasteiger partial charge in [-0.15, -0.1) is 0 Å². The van der Waals surface area contributed by atoms with Gasteiger partial charge in [0.25, 0.3) is 0 Å². The van der Waals surface area contributed by atoms with Crippen LogP contribution in [0.5, 0.6) is 0 Å². The summed E-state index contributed by atoms with van der Waals surface area (Å²) in [5.41, 5.74) is 3.04. The Balaban J connectivity index is 2.93. The van der Waals surface area contributed by atoms with Gasteiger partial charge in [0.05, 0.1) is 0 Å². The molecule has 0 aromatic heterocycles. The molecule has 0 saturated carbocycles. The minimum Gasteiger partial charge on any atom is -0.313 e. The Morgan fingerprint density at radius 1 is 1.12 bits per heavy atom. The maximum Gasteiger partial charge on any atom is 0.0343 e. The van der Waals surface area contributed by atoms with Crippen molar-refractivity contribution in [2.24, 2.45) is 5.92 Å². The zero-order chi connectivity index (χ0) is 13.1. The minimum absolute atomic E-state index is 0.240. The van der Waals surface area contributed by atoms with E-state index in [0.717, 1.165) is 0 Å². The Morgan fingerprint density at radius 2 is 1.65 bits per heavy atom. The number of rotatable bonds is 4. The van der Waals surface area contributed by atoms with E-state index in [4.69, 9.17) is 0 Å². The second kappa shape index (κ2) is 5.68. The molecule has 0 fully saturated rings. The van der Waals surface area contributed by atoms with E-state index in [2.05, 4.69) is 71.2 Å². The van der Waals surface area contributed by atoms with Gasteiger partial charge < -0.3 is 5.32 Å².